The number of amides is 2. The molecule has 24 heavy (non-hydrogen) atoms. The molecule has 0 saturated heterocycles. The van der Waals surface area contributed by atoms with Gasteiger partial charge in [0.05, 0.1) is 6.54 Å². The SMILES string of the molecule is CC(=O)Nc1ccc(NC(=O)CN[C@H](C)c2cccc(Cl)c2)cc1. The Labute approximate surface area is 146 Å². The number of carbonyl (C=O) groups is 2. The molecule has 5 nitrogen and oxygen atoms in total. The van der Waals surface area contributed by atoms with Crippen LogP contribution in [0.5, 0.6) is 0 Å². The normalized spacial score (nSPS) is 11.6. The molecule has 126 valence electrons. The molecule has 0 aliphatic heterocycles. The van der Waals surface area contributed by atoms with Gasteiger partial charge in [-0.25, -0.2) is 0 Å². The van der Waals surface area contributed by atoms with Crippen molar-refractivity contribution in [2.24, 2.45) is 0 Å². The standard InChI is InChI=1S/C18H20ClN3O2/c1-12(14-4-3-5-15(19)10-14)20-11-18(24)22-17-8-6-16(7-9-17)21-13(2)23/h3-10,12,20H,11H2,1-2H3,(H,21,23)(H,22,24)/t12-/m1/s1. The summed E-state index contributed by atoms with van der Waals surface area (Å²) in [5.41, 5.74) is 2.38. The molecule has 0 spiro atoms. The van der Waals surface area contributed by atoms with Crippen molar-refractivity contribution in [2.75, 3.05) is 17.2 Å². The van der Waals surface area contributed by atoms with E-state index in [-0.39, 0.29) is 24.4 Å². The second-order valence-corrected chi connectivity index (χ2v) is 5.90. The van der Waals surface area contributed by atoms with E-state index in [2.05, 4.69) is 16.0 Å². The Morgan fingerprint density at radius 1 is 1.04 bits per heavy atom. The molecule has 0 fully saturated rings. The van der Waals surface area contributed by atoms with Gasteiger partial charge in [0, 0.05) is 29.4 Å². The number of carbonyl (C=O) groups excluding carboxylic acids is 2. The molecule has 2 aromatic rings. The second kappa shape index (κ2) is 8.47. The van der Waals surface area contributed by atoms with Crippen LogP contribution in [0, 0.1) is 0 Å². The molecule has 0 aliphatic carbocycles. The highest BCUT2D eigenvalue weighted by molar-refractivity contribution is 6.30. The summed E-state index contributed by atoms with van der Waals surface area (Å²) in [7, 11) is 0. The van der Waals surface area contributed by atoms with E-state index in [1.54, 1.807) is 24.3 Å². The number of hydrogen-bond donors (Lipinski definition) is 3. The lowest BCUT2D eigenvalue weighted by atomic mass is 10.1. The van der Waals surface area contributed by atoms with Crippen molar-refractivity contribution in [2.45, 2.75) is 19.9 Å². The maximum atomic E-state index is 12.0. The van der Waals surface area contributed by atoms with Gasteiger partial charge < -0.3 is 16.0 Å². The van der Waals surface area contributed by atoms with E-state index >= 15 is 0 Å². The van der Waals surface area contributed by atoms with Crippen molar-refractivity contribution in [3.63, 3.8) is 0 Å². The number of nitrogens with one attached hydrogen (secondary N) is 3. The van der Waals surface area contributed by atoms with Gasteiger partial charge in [-0.2, -0.15) is 0 Å². The van der Waals surface area contributed by atoms with Crippen molar-refractivity contribution in [1.29, 1.82) is 0 Å². The molecule has 0 heterocycles. The molecule has 0 radical (unpaired) electrons. The van der Waals surface area contributed by atoms with Crippen LogP contribution in [-0.4, -0.2) is 18.4 Å². The summed E-state index contributed by atoms with van der Waals surface area (Å²) in [6, 6.07) is 14.5. The molecular weight excluding hydrogens is 326 g/mol. The minimum atomic E-state index is -0.142. The van der Waals surface area contributed by atoms with E-state index in [9.17, 15) is 9.59 Å². The molecule has 0 bridgehead atoms. The van der Waals surface area contributed by atoms with Crippen LogP contribution in [0.3, 0.4) is 0 Å². The Morgan fingerprint density at radius 3 is 2.25 bits per heavy atom. The molecular formula is C18H20ClN3O2. The van der Waals surface area contributed by atoms with Gasteiger partial charge in [-0.15, -0.1) is 0 Å². The third-order valence-corrected chi connectivity index (χ3v) is 3.64. The first kappa shape index (κ1) is 18.0. The van der Waals surface area contributed by atoms with E-state index in [0.717, 1.165) is 5.56 Å². The topological polar surface area (TPSA) is 70.2 Å². The minimum absolute atomic E-state index is 0.0107. The average molecular weight is 346 g/mol. The van der Waals surface area contributed by atoms with Crippen LogP contribution >= 0.6 is 11.6 Å². The highest BCUT2D eigenvalue weighted by atomic mass is 35.5. The summed E-state index contributed by atoms with van der Waals surface area (Å²) in [6.45, 7) is 3.60. The zero-order chi connectivity index (χ0) is 17.5. The molecule has 0 aromatic heterocycles. The molecule has 2 aromatic carbocycles. The van der Waals surface area contributed by atoms with Gasteiger partial charge in [-0.05, 0) is 48.9 Å². The third-order valence-electron chi connectivity index (χ3n) is 3.41. The number of rotatable bonds is 6. The van der Waals surface area contributed by atoms with E-state index in [1.165, 1.54) is 6.92 Å². The maximum absolute atomic E-state index is 12.0. The molecule has 0 unspecified atom stereocenters. The van der Waals surface area contributed by atoms with Crippen LogP contribution in [-0.2, 0) is 9.59 Å². The van der Waals surface area contributed by atoms with Crippen LogP contribution in [0.4, 0.5) is 11.4 Å². The fourth-order valence-corrected chi connectivity index (χ4v) is 2.38. The lowest BCUT2D eigenvalue weighted by Gasteiger charge is -2.14. The van der Waals surface area contributed by atoms with Crippen molar-refractivity contribution in [3.8, 4) is 0 Å². The summed E-state index contributed by atoms with van der Waals surface area (Å²) in [5.74, 6) is -0.276. The quantitative estimate of drug-likeness (QED) is 0.749. The van der Waals surface area contributed by atoms with Crippen LogP contribution in [0.2, 0.25) is 5.02 Å². The Kier molecular flexibility index (Phi) is 6.35. The molecule has 2 rings (SSSR count). The van der Waals surface area contributed by atoms with Gasteiger partial charge >= 0.3 is 0 Å². The highest BCUT2D eigenvalue weighted by Crippen LogP contribution is 2.17. The number of benzene rings is 2. The Balaban J connectivity index is 1.83. The number of hydrogen-bond acceptors (Lipinski definition) is 3. The maximum Gasteiger partial charge on any atom is 0.238 e. The first-order valence-corrected chi connectivity index (χ1v) is 7.98. The zero-order valence-corrected chi connectivity index (χ0v) is 14.4. The number of halogens is 1. The van der Waals surface area contributed by atoms with Gasteiger partial charge in [0.1, 0.15) is 0 Å². The largest absolute Gasteiger partial charge is 0.326 e. The minimum Gasteiger partial charge on any atom is -0.326 e. The van der Waals surface area contributed by atoms with Crippen molar-refractivity contribution in [1.82, 2.24) is 5.32 Å². The fourth-order valence-electron chi connectivity index (χ4n) is 2.18. The van der Waals surface area contributed by atoms with Gasteiger partial charge in [-0.1, -0.05) is 23.7 Å². The van der Waals surface area contributed by atoms with Gasteiger partial charge in [0.2, 0.25) is 11.8 Å². The van der Waals surface area contributed by atoms with Crippen molar-refractivity contribution in [3.05, 3.63) is 59.1 Å². The molecule has 6 heteroatoms. The van der Waals surface area contributed by atoms with Crippen molar-refractivity contribution < 1.29 is 9.59 Å². The summed E-state index contributed by atoms with van der Waals surface area (Å²) in [5, 5.41) is 9.30. The van der Waals surface area contributed by atoms with Crippen LogP contribution in [0.15, 0.2) is 48.5 Å². The third kappa shape index (κ3) is 5.68. The van der Waals surface area contributed by atoms with Gasteiger partial charge in [0.25, 0.3) is 0 Å². The lowest BCUT2D eigenvalue weighted by Crippen LogP contribution is -2.30. The first-order valence-electron chi connectivity index (χ1n) is 7.60. The fraction of sp³-hybridized carbons (Fsp3) is 0.222. The first-order chi connectivity index (χ1) is 11.4. The van der Waals surface area contributed by atoms with Gasteiger partial charge in [0.15, 0.2) is 0 Å². The number of anilines is 2. The smallest absolute Gasteiger partial charge is 0.238 e. The molecule has 0 saturated carbocycles. The summed E-state index contributed by atoms with van der Waals surface area (Å²) in [6.07, 6.45) is 0. The predicted molar refractivity (Wildman–Crippen MR) is 97.2 cm³/mol. The second-order valence-electron chi connectivity index (χ2n) is 5.46. The van der Waals surface area contributed by atoms with E-state index in [4.69, 9.17) is 11.6 Å². The molecule has 3 N–H and O–H groups in total. The average Bonchev–Trinajstić information content (AvgIpc) is 2.54. The summed E-state index contributed by atoms with van der Waals surface area (Å²) < 4.78 is 0. The monoisotopic (exact) mass is 345 g/mol. The summed E-state index contributed by atoms with van der Waals surface area (Å²) in [4.78, 5) is 23.0. The van der Waals surface area contributed by atoms with Crippen molar-refractivity contribution >= 4 is 34.8 Å². The van der Waals surface area contributed by atoms with Crippen LogP contribution in [0.25, 0.3) is 0 Å². The summed E-state index contributed by atoms with van der Waals surface area (Å²) >= 11 is 5.97. The predicted octanol–water partition coefficient (Wildman–Crippen LogP) is 3.59. The lowest BCUT2D eigenvalue weighted by molar-refractivity contribution is -0.115. The zero-order valence-electron chi connectivity index (χ0n) is 13.6. The van der Waals surface area contributed by atoms with Crippen LogP contribution < -0.4 is 16.0 Å². The molecule has 0 aliphatic rings. The van der Waals surface area contributed by atoms with E-state index in [0.29, 0.717) is 16.4 Å². The highest BCUT2D eigenvalue weighted by Gasteiger charge is 2.08. The Hall–Kier alpha value is -2.37. The van der Waals surface area contributed by atoms with E-state index < -0.39 is 0 Å². The van der Waals surface area contributed by atoms with Gasteiger partial charge in [-0.3, -0.25) is 9.59 Å². The Bertz CT molecular complexity index is 716. The van der Waals surface area contributed by atoms with E-state index in [1.807, 2.05) is 31.2 Å². The Morgan fingerprint density at radius 2 is 1.67 bits per heavy atom. The molecule has 2 amide bonds. The van der Waals surface area contributed by atoms with Crippen LogP contribution in [0.1, 0.15) is 25.5 Å². The molecule has 1 atom stereocenters.